The first-order valence-corrected chi connectivity index (χ1v) is 11.0. The predicted molar refractivity (Wildman–Crippen MR) is 109 cm³/mol. The van der Waals surface area contributed by atoms with Crippen LogP contribution in [0.25, 0.3) is 5.95 Å². The van der Waals surface area contributed by atoms with Gasteiger partial charge in [-0.05, 0) is 57.8 Å². The van der Waals surface area contributed by atoms with Crippen LogP contribution in [0.15, 0.2) is 11.0 Å². The second-order valence-corrected chi connectivity index (χ2v) is 8.85. The summed E-state index contributed by atoms with van der Waals surface area (Å²) in [5.41, 5.74) is 3.03. The molecule has 0 bridgehead atoms. The van der Waals surface area contributed by atoms with Crippen molar-refractivity contribution in [2.24, 2.45) is 11.8 Å². The molecule has 156 valence electrons. The predicted octanol–water partition coefficient (Wildman–Crippen LogP) is 2.33. The van der Waals surface area contributed by atoms with Gasteiger partial charge in [0.25, 0.3) is 11.5 Å². The molecule has 3 aliphatic rings. The number of nitrogens with zero attached hydrogens (tertiary/aromatic N) is 5. The Morgan fingerprint density at radius 2 is 2.03 bits per heavy atom. The van der Waals surface area contributed by atoms with E-state index in [1.807, 2.05) is 11.8 Å². The van der Waals surface area contributed by atoms with Crippen molar-refractivity contribution in [3.05, 3.63) is 39.1 Å². The highest BCUT2D eigenvalue weighted by atomic mass is 16.2. The average Bonchev–Trinajstić information content (AvgIpc) is 3.32. The second kappa shape index (κ2) is 7.38. The van der Waals surface area contributed by atoms with Crippen molar-refractivity contribution in [3.8, 4) is 12.0 Å². The minimum atomic E-state index is -0.0914. The van der Waals surface area contributed by atoms with E-state index >= 15 is 0 Å². The maximum atomic E-state index is 13.3. The number of carbonyl (C=O) groups excluding carboxylic acids is 1. The molecule has 1 saturated heterocycles. The Hall–Kier alpha value is -2.95. The molecule has 2 fully saturated rings. The van der Waals surface area contributed by atoms with Gasteiger partial charge in [0, 0.05) is 30.5 Å². The molecular weight excluding hydrogens is 380 g/mol. The van der Waals surface area contributed by atoms with Crippen LogP contribution in [0.2, 0.25) is 0 Å². The molecule has 5 rings (SSSR count). The van der Waals surface area contributed by atoms with Crippen LogP contribution in [0, 0.1) is 23.2 Å². The fourth-order valence-electron chi connectivity index (χ4n) is 4.85. The standard InChI is InChI=1S/C22H26N6O2/c1-13(11-23)14-7-9-27(10-8-14)21(30)17-12-24-28(19(17)15-5-6-15)22-25-18-4-2-3-16(18)20(29)26-22/h12-15H,2-10H2,1H3,(H,25,26,29). The number of H-pyrrole nitrogens is 1. The third-order valence-corrected chi connectivity index (χ3v) is 6.87. The highest BCUT2D eigenvalue weighted by Crippen LogP contribution is 2.42. The minimum absolute atomic E-state index is 0.00489. The number of aromatic nitrogens is 4. The second-order valence-electron chi connectivity index (χ2n) is 8.85. The van der Waals surface area contributed by atoms with Gasteiger partial charge in [0.1, 0.15) is 0 Å². The van der Waals surface area contributed by atoms with Crippen LogP contribution >= 0.6 is 0 Å². The van der Waals surface area contributed by atoms with Crippen molar-refractivity contribution in [1.82, 2.24) is 24.6 Å². The third-order valence-electron chi connectivity index (χ3n) is 6.87. The van der Waals surface area contributed by atoms with E-state index in [0.717, 1.165) is 61.9 Å². The maximum Gasteiger partial charge on any atom is 0.257 e. The van der Waals surface area contributed by atoms with Gasteiger partial charge in [0.05, 0.1) is 29.2 Å². The van der Waals surface area contributed by atoms with Crippen molar-refractivity contribution < 1.29 is 4.79 Å². The zero-order chi connectivity index (χ0) is 20.8. The van der Waals surface area contributed by atoms with Gasteiger partial charge in [0.2, 0.25) is 5.95 Å². The van der Waals surface area contributed by atoms with E-state index in [1.165, 1.54) is 0 Å². The highest BCUT2D eigenvalue weighted by molar-refractivity contribution is 5.95. The SMILES string of the molecule is CC(C#N)C1CCN(C(=O)c2cnn(-c3nc4c(c(=O)[nH]3)CCC4)c2C2CC2)CC1. The summed E-state index contributed by atoms with van der Waals surface area (Å²) >= 11 is 0. The smallest absolute Gasteiger partial charge is 0.257 e. The topological polar surface area (TPSA) is 108 Å². The molecule has 1 unspecified atom stereocenters. The number of nitrogens with one attached hydrogen (secondary N) is 1. The first-order valence-electron chi connectivity index (χ1n) is 11.0. The largest absolute Gasteiger partial charge is 0.339 e. The number of rotatable bonds is 4. The number of hydrogen-bond donors (Lipinski definition) is 1. The molecule has 3 heterocycles. The Bertz CT molecular complexity index is 1080. The first-order chi connectivity index (χ1) is 14.6. The monoisotopic (exact) mass is 406 g/mol. The summed E-state index contributed by atoms with van der Waals surface area (Å²) in [6.45, 7) is 3.29. The van der Waals surface area contributed by atoms with Crippen molar-refractivity contribution in [1.29, 1.82) is 5.26 Å². The molecule has 1 aliphatic heterocycles. The summed E-state index contributed by atoms with van der Waals surface area (Å²) in [6, 6.07) is 2.33. The van der Waals surface area contributed by atoms with Crippen LogP contribution in [0.4, 0.5) is 0 Å². The molecule has 30 heavy (non-hydrogen) atoms. The van der Waals surface area contributed by atoms with Gasteiger partial charge in [0.15, 0.2) is 0 Å². The summed E-state index contributed by atoms with van der Waals surface area (Å²) in [5.74, 6) is 1.07. The molecule has 0 spiro atoms. The maximum absolute atomic E-state index is 13.3. The van der Waals surface area contributed by atoms with E-state index < -0.39 is 0 Å². The molecule has 1 N–H and O–H groups in total. The van der Waals surface area contributed by atoms with Gasteiger partial charge < -0.3 is 4.90 Å². The van der Waals surface area contributed by atoms with E-state index in [4.69, 9.17) is 5.26 Å². The van der Waals surface area contributed by atoms with E-state index in [9.17, 15) is 9.59 Å². The number of fused-ring (bicyclic) bond motifs is 1. The van der Waals surface area contributed by atoms with Crippen LogP contribution in [0.5, 0.6) is 0 Å². The van der Waals surface area contributed by atoms with E-state index in [2.05, 4.69) is 21.1 Å². The lowest BCUT2D eigenvalue weighted by Crippen LogP contribution is -2.40. The van der Waals surface area contributed by atoms with Crippen molar-refractivity contribution in [2.45, 2.75) is 57.8 Å². The number of aryl methyl sites for hydroxylation is 1. The molecular formula is C22H26N6O2. The van der Waals surface area contributed by atoms with E-state index in [-0.39, 0.29) is 23.3 Å². The van der Waals surface area contributed by atoms with Gasteiger partial charge in [-0.2, -0.15) is 10.4 Å². The summed E-state index contributed by atoms with van der Waals surface area (Å²) < 4.78 is 1.68. The Kier molecular flexibility index (Phi) is 4.69. The Morgan fingerprint density at radius 1 is 1.27 bits per heavy atom. The van der Waals surface area contributed by atoms with E-state index in [1.54, 1.807) is 10.9 Å². The summed E-state index contributed by atoms with van der Waals surface area (Å²) in [7, 11) is 0. The number of aromatic amines is 1. The van der Waals surface area contributed by atoms with Crippen molar-refractivity contribution >= 4 is 5.91 Å². The normalized spacial score (nSPS) is 20.1. The first kappa shape index (κ1) is 19.0. The Balaban J connectivity index is 1.44. The molecule has 2 aromatic rings. The number of piperidine rings is 1. The minimum Gasteiger partial charge on any atom is -0.339 e. The number of likely N-dealkylation sites (tertiary alicyclic amines) is 1. The molecule has 1 amide bonds. The lowest BCUT2D eigenvalue weighted by atomic mass is 9.86. The number of nitriles is 1. The molecule has 8 nitrogen and oxygen atoms in total. The van der Waals surface area contributed by atoms with Crippen LogP contribution in [0.3, 0.4) is 0 Å². The summed E-state index contributed by atoms with van der Waals surface area (Å²) in [6.07, 6.45) is 7.91. The fraction of sp³-hybridized carbons (Fsp3) is 0.591. The molecule has 0 radical (unpaired) electrons. The number of amides is 1. The van der Waals surface area contributed by atoms with Crippen LogP contribution in [-0.4, -0.2) is 43.6 Å². The lowest BCUT2D eigenvalue weighted by Gasteiger charge is -2.33. The van der Waals surface area contributed by atoms with Gasteiger partial charge >= 0.3 is 0 Å². The zero-order valence-corrected chi connectivity index (χ0v) is 17.2. The fourth-order valence-corrected chi connectivity index (χ4v) is 4.85. The zero-order valence-electron chi connectivity index (χ0n) is 17.2. The summed E-state index contributed by atoms with van der Waals surface area (Å²) in [5, 5.41) is 13.6. The van der Waals surface area contributed by atoms with Gasteiger partial charge in [-0.3, -0.25) is 14.6 Å². The molecule has 1 saturated carbocycles. The van der Waals surface area contributed by atoms with Crippen LogP contribution < -0.4 is 5.56 Å². The Morgan fingerprint density at radius 3 is 2.73 bits per heavy atom. The van der Waals surface area contributed by atoms with Gasteiger partial charge in [-0.15, -0.1) is 0 Å². The lowest BCUT2D eigenvalue weighted by molar-refractivity contribution is 0.0674. The van der Waals surface area contributed by atoms with Crippen LogP contribution in [-0.2, 0) is 12.8 Å². The molecule has 2 aromatic heterocycles. The number of carbonyl (C=O) groups is 1. The number of hydrogen-bond acceptors (Lipinski definition) is 5. The average molecular weight is 406 g/mol. The quantitative estimate of drug-likeness (QED) is 0.838. The van der Waals surface area contributed by atoms with Crippen LogP contribution in [0.1, 0.15) is 72.3 Å². The molecule has 1 atom stereocenters. The van der Waals surface area contributed by atoms with Crippen molar-refractivity contribution in [2.75, 3.05) is 13.1 Å². The summed E-state index contributed by atoms with van der Waals surface area (Å²) in [4.78, 5) is 35.2. The molecule has 8 heteroatoms. The molecule has 2 aliphatic carbocycles. The highest BCUT2D eigenvalue weighted by Gasteiger charge is 2.36. The van der Waals surface area contributed by atoms with E-state index in [0.29, 0.717) is 30.5 Å². The Labute approximate surface area is 174 Å². The molecule has 0 aromatic carbocycles. The van der Waals surface area contributed by atoms with Gasteiger partial charge in [-0.25, -0.2) is 9.67 Å². The third kappa shape index (κ3) is 3.22. The van der Waals surface area contributed by atoms with Gasteiger partial charge in [-0.1, -0.05) is 0 Å². The van der Waals surface area contributed by atoms with Crippen molar-refractivity contribution in [3.63, 3.8) is 0 Å².